The number of carbonyl (C=O) groups excluding carboxylic acids is 2. The minimum absolute atomic E-state index is 0.155. The summed E-state index contributed by atoms with van der Waals surface area (Å²) in [5.74, 6) is -4.13. The van der Waals surface area contributed by atoms with Crippen molar-refractivity contribution in [2.24, 2.45) is 23.7 Å². The third-order valence-corrected chi connectivity index (χ3v) is 10.9. The number of Topliss-reactive ketones (excluding diaryl/α,β-unsaturated/α-hetero) is 1. The first-order valence-electron chi connectivity index (χ1n) is 15.9. The Balaban J connectivity index is 2.75. The number of ketones is 1. The van der Waals surface area contributed by atoms with E-state index in [1.165, 1.54) is 25.8 Å². The number of methoxy groups -OCH3 is 1. The van der Waals surface area contributed by atoms with E-state index in [9.17, 15) is 24.9 Å². The van der Waals surface area contributed by atoms with Gasteiger partial charge in [-0.15, -0.1) is 0 Å². The van der Waals surface area contributed by atoms with Gasteiger partial charge in [-0.3, -0.25) is 9.59 Å². The second kappa shape index (κ2) is 16.5. The Morgan fingerprint density at radius 2 is 1.71 bits per heavy atom. The van der Waals surface area contributed by atoms with Gasteiger partial charge >= 0.3 is 5.97 Å². The van der Waals surface area contributed by atoms with E-state index in [0.29, 0.717) is 6.42 Å². The van der Waals surface area contributed by atoms with E-state index in [4.69, 9.17) is 35.9 Å². The SMILES string of the molecule is CC[C@H]1OC(=O)[C@H](C)[C@@H](OC(=S)SC)[C@H](C)[C@@H](O[C@@H]2O[C@H](C)C[C@H](N(C)C)[C@H]2O)[C@](C)(OC)C[C@@H](C)C(=O)[C@H](C)[C@@H](O)[C@]1(C)O. The number of cyclic esters (lactones) is 1. The van der Waals surface area contributed by atoms with Crippen LogP contribution in [0.15, 0.2) is 0 Å². The van der Waals surface area contributed by atoms with E-state index in [-0.39, 0.29) is 35.2 Å². The van der Waals surface area contributed by atoms with Gasteiger partial charge in [0, 0.05) is 30.9 Å². The average Bonchev–Trinajstić information content (AvgIpc) is 2.99. The highest BCUT2D eigenvalue weighted by Crippen LogP contribution is 2.40. The van der Waals surface area contributed by atoms with Crippen LogP contribution in [-0.4, -0.2) is 124 Å². The monoisotopic (exact) mass is 679 g/mol. The van der Waals surface area contributed by atoms with Gasteiger partial charge in [-0.25, -0.2) is 0 Å². The zero-order valence-corrected chi connectivity index (χ0v) is 30.6. The maximum atomic E-state index is 13.8. The van der Waals surface area contributed by atoms with Crippen LogP contribution in [0.4, 0.5) is 0 Å². The number of hydrogen-bond donors (Lipinski definition) is 3. The summed E-state index contributed by atoms with van der Waals surface area (Å²) in [6.07, 6.45) is -3.98. The molecule has 14 atom stereocenters. The van der Waals surface area contributed by atoms with Gasteiger partial charge in [-0.1, -0.05) is 39.5 Å². The second-order valence-electron chi connectivity index (χ2n) is 13.6. The standard InChI is InChI=1S/C32H57NO10S2/c1-13-22-32(8,38)26(36)18(4)23(34)16(2)15-31(7,39-11)27(43-29-24(35)21(33(9)10)14-17(3)40-29)19(5)25(42-30(44)45-12)20(6)28(37)41-22/h16-22,24-27,29,35-36,38H,13-15H2,1-12H3/t16-,17-,18+,19+,20-,21+,22-,24-,25+,26-,27-,29+,31-,32-/m1/s1. The third kappa shape index (κ3) is 9.17. The van der Waals surface area contributed by atoms with Crippen molar-refractivity contribution < 1.29 is 48.6 Å². The number of aliphatic hydroxyl groups is 3. The molecule has 0 aromatic rings. The quantitative estimate of drug-likeness (QED) is 0.280. The van der Waals surface area contributed by atoms with E-state index in [1.54, 1.807) is 34.0 Å². The van der Waals surface area contributed by atoms with Crippen LogP contribution >= 0.6 is 24.0 Å². The molecule has 0 spiro atoms. The van der Waals surface area contributed by atoms with Crippen LogP contribution in [0.5, 0.6) is 0 Å². The van der Waals surface area contributed by atoms with Crippen molar-refractivity contribution in [3.8, 4) is 0 Å². The summed E-state index contributed by atoms with van der Waals surface area (Å²) in [6.45, 7) is 13.6. The van der Waals surface area contributed by atoms with Crippen LogP contribution in [0.25, 0.3) is 0 Å². The van der Waals surface area contributed by atoms with E-state index in [1.807, 2.05) is 39.8 Å². The van der Waals surface area contributed by atoms with Gasteiger partial charge in [0.2, 0.25) is 4.38 Å². The Bertz CT molecular complexity index is 1010. The van der Waals surface area contributed by atoms with Crippen LogP contribution in [0.3, 0.4) is 0 Å². The molecule has 2 aliphatic rings. The molecule has 0 radical (unpaired) electrons. The van der Waals surface area contributed by atoms with E-state index >= 15 is 0 Å². The number of thioether (sulfide) groups is 1. The molecule has 0 aliphatic carbocycles. The van der Waals surface area contributed by atoms with Crippen molar-refractivity contribution in [3.05, 3.63) is 0 Å². The minimum atomic E-state index is -1.91. The largest absolute Gasteiger partial charge is 0.474 e. The smallest absolute Gasteiger partial charge is 0.312 e. The molecule has 0 bridgehead atoms. The molecule has 13 heteroatoms. The molecule has 2 heterocycles. The van der Waals surface area contributed by atoms with E-state index < -0.39 is 77.7 Å². The Kier molecular flexibility index (Phi) is 14.7. The van der Waals surface area contributed by atoms with Crippen LogP contribution in [0, 0.1) is 23.7 Å². The predicted octanol–water partition coefficient (Wildman–Crippen LogP) is 3.19. The maximum Gasteiger partial charge on any atom is 0.312 e. The lowest BCUT2D eigenvalue weighted by Gasteiger charge is -2.48. The molecule has 0 amide bonds. The van der Waals surface area contributed by atoms with Crippen molar-refractivity contribution >= 4 is 40.1 Å². The fourth-order valence-corrected chi connectivity index (χ4v) is 7.26. The molecule has 2 aliphatic heterocycles. The van der Waals surface area contributed by atoms with Gasteiger partial charge in [0.1, 0.15) is 29.7 Å². The first-order valence-corrected chi connectivity index (χ1v) is 17.5. The highest BCUT2D eigenvalue weighted by atomic mass is 32.2. The number of esters is 1. The zero-order valence-electron chi connectivity index (χ0n) is 29.0. The summed E-state index contributed by atoms with van der Waals surface area (Å²) >= 11 is 6.65. The number of rotatable bonds is 6. The number of hydrogen-bond acceptors (Lipinski definition) is 13. The fraction of sp³-hybridized carbons (Fsp3) is 0.906. The summed E-state index contributed by atoms with van der Waals surface area (Å²) in [6, 6.07) is -0.243. The van der Waals surface area contributed by atoms with Crippen LogP contribution < -0.4 is 0 Å². The number of carbonyl (C=O) groups is 2. The van der Waals surface area contributed by atoms with E-state index in [2.05, 4.69) is 0 Å². The molecule has 0 unspecified atom stereocenters. The van der Waals surface area contributed by atoms with Crippen molar-refractivity contribution in [2.45, 2.75) is 135 Å². The lowest BCUT2D eigenvalue weighted by Crippen LogP contribution is -2.60. The molecule has 2 saturated heterocycles. The van der Waals surface area contributed by atoms with Crippen molar-refractivity contribution in [3.63, 3.8) is 0 Å². The molecule has 2 fully saturated rings. The Morgan fingerprint density at radius 1 is 1.11 bits per heavy atom. The molecule has 0 aromatic heterocycles. The number of likely N-dealkylation sites (N-methyl/N-ethyl adjacent to an activating group) is 1. The molecule has 0 aromatic carbocycles. The molecule has 0 saturated carbocycles. The summed E-state index contributed by atoms with van der Waals surface area (Å²) in [5, 5.41) is 34.1. The predicted molar refractivity (Wildman–Crippen MR) is 177 cm³/mol. The third-order valence-electron chi connectivity index (χ3n) is 9.88. The van der Waals surface area contributed by atoms with Crippen LogP contribution in [0.2, 0.25) is 0 Å². The van der Waals surface area contributed by atoms with Gasteiger partial charge in [-0.2, -0.15) is 0 Å². The summed E-state index contributed by atoms with van der Waals surface area (Å²) in [4.78, 5) is 29.5. The molecular formula is C32H57NO10S2. The van der Waals surface area contributed by atoms with Crippen LogP contribution in [-0.2, 0) is 33.3 Å². The first-order chi connectivity index (χ1) is 20.8. The van der Waals surface area contributed by atoms with Gasteiger partial charge in [0.25, 0.3) is 0 Å². The van der Waals surface area contributed by atoms with Gasteiger partial charge in [0.05, 0.1) is 29.8 Å². The number of thiocarbonyl (C=S) groups is 1. The molecule has 262 valence electrons. The Hall–Kier alpha value is -0.900. The highest BCUT2D eigenvalue weighted by Gasteiger charge is 2.52. The summed E-state index contributed by atoms with van der Waals surface area (Å²) in [7, 11) is 5.29. The Morgan fingerprint density at radius 3 is 2.22 bits per heavy atom. The van der Waals surface area contributed by atoms with Gasteiger partial charge in [0.15, 0.2) is 6.29 Å². The second-order valence-corrected chi connectivity index (χ2v) is 15.0. The fourth-order valence-electron chi connectivity index (χ4n) is 6.94. The topological polar surface area (TPSA) is 144 Å². The zero-order chi connectivity index (χ0) is 34.6. The van der Waals surface area contributed by atoms with Gasteiger partial charge in [-0.05, 0) is 79.5 Å². The summed E-state index contributed by atoms with van der Waals surface area (Å²) in [5.41, 5.74) is -3.09. The van der Waals surface area contributed by atoms with Crippen molar-refractivity contribution in [2.75, 3.05) is 27.5 Å². The number of aliphatic hydroxyl groups excluding tert-OH is 2. The van der Waals surface area contributed by atoms with Crippen molar-refractivity contribution in [1.29, 1.82) is 0 Å². The Labute approximate surface area is 279 Å². The lowest BCUT2D eigenvalue weighted by molar-refractivity contribution is -0.301. The molecule has 11 nitrogen and oxygen atoms in total. The number of ether oxygens (including phenoxy) is 5. The molecular weight excluding hydrogens is 622 g/mol. The van der Waals surface area contributed by atoms with E-state index in [0.717, 1.165) is 0 Å². The lowest BCUT2D eigenvalue weighted by atomic mass is 9.74. The minimum Gasteiger partial charge on any atom is -0.474 e. The van der Waals surface area contributed by atoms with Crippen molar-refractivity contribution in [1.82, 2.24) is 4.90 Å². The van der Waals surface area contributed by atoms with Crippen LogP contribution in [0.1, 0.15) is 74.7 Å². The molecule has 3 N–H and O–H groups in total. The molecule has 2 rings (SSSR count). The maximum absolute atomic E-state index is 13.8. The highest BCUT2D eigenvalue weighted by molar-refractivity contribution is 8.22. The van der Waals surface area contributed by atoms with Gasteiger partial charge < -0.3 is 43.9 Å². The first kappa shape index (κ1) is 40.3. The normalized spacial score (nSPS) is 44.3. The number of nitrogens with zero attached hydrogens (tertiary/aromatic N) is 1. The molecule has 45 heavy (non-hydrogen) atoms. The average molecular weight is 680 g/mol. The summed E-state index contributed by atoms with van der Waals surface area (Å²) < 4.78 is 31.3.